The summed E-state index contributed by atoms with van der Waals surface area (Å²) >= 11 is 3.00. The smallest absolute Gasteiger partial charge is 0.257 e. The maximum Gasteiger partial charge on any atom is 0.257 e. The van der Waals surface area contributed by atoms with Crippen molar-refractivity contribution >= 4 is 33.7 Å². The third kappa shape index (κ3) is 4.70. The van der Waals surface area contributed by atoms with Crippen LogP contribution in [-0.4, -0.2) is 15.9 Å². The third-order valence-electron chi connectivity index (χ3n) is 4.30. The number of anilines is 1. The Kier molecular flexibility index (Phi) is 5.69. The molecule has 0 saturated carbocycles. The van der Waals surface area contributed by atoms with E-state index < -0.39 is 0 Å². The number of benzene rings is 2. The summed E-state index contributed by atoms with van der Waals surface area (Å²) in [4.78, 5) is 21.6. The summed E-state index contributed by atoms with van der Waals surface area (Å²) in [5, 5.41) is 8.37. The van der Waals surface area contributed by atoms with Crippen molar-refractivity contribution < 1.29 is 9.53 Å². The minimum atomic E-state index is -0.217. The van der Waals surface area contributed by atoms with Gasteiger partial charge in [0.05, 0.1) is 16.4 Å². The highest BCUT2D eigenvalue weighted by Crippen LogP contribution is 2.27. The van der Waals surface area contributed by atoms with Crippen LogP contribution in [0.25, 0.3) is 11.3 Å². The van der Waals surface area contributed by atoms with E-state index in [9.17, 15) is 4.79 Å². The Labute approximate surface area is 177 Å². The minimum Gasteiger partial charge on any atom is -0.487 e. The lowest BCUT2D eigenvalue weighted by Gasteiger charge is -2.07. The number of hydrogen-bond donors (Lipinski definition) is 1. The summed E-state index contributed by atoms with van der Waals surface area (Å²) in [6.45, 7) is 4.38. The number of hydrogen-bond acceptors (Lipinski definition) is 6. The molecule has 4 aromatic rings. The van der Waals surface area contributed by atoms with Crippen LogP contribution in [-0.2, 0) is 6.61 Å². The molecule has 2 aromatic carbocycles. The largest absolute Gasteiger partial charge is 0.487 e. The standard InChI is InChI=1S/C22H19N3O2S2/c1-14-6-3-4-9-19(14)20-13-29-22(24-20)25-21(26)16-7-5-8-18(10-16)27-11-17-12-28-15(2)23-17/h3-10,12-13H,11H2,1-2H3,(H,24,25,26). The first kappa shape index (κ1) is 19.3. The molecule has 5 nitrogen and oxygen atoms in total. The van der Waals surface area contributed by atoms with Crippen LogP contribution in [0.4, 0.5) is 5.13 Å². The average molecular weight is 422 g/mol. The number of aryl methyl sites for hydroxylation is 2. The quantitative estimate of drug-likeness (QED) is 0.433. The molecule has 2 heterocycles. The summed E-state index contributed by atoms with van der Waals surface area (Å²) in [6.07, 6.45) is 0. The lowest BCUT2D eigenvalue weighted by molar-refractivity contribution is 0.102. The molecule has 2 aromatic heterocycles. The van der Waals surface area contributed by atoms with E-state index in [0.29, 0.717) is 23.1 Å². The zero-order valence-electron chi connectivity index (χ0n) is 16.0. The van der Waals surface area contributed by atoms with E-state index in [4.69, 9.17) is 4.74 Å². The Balaban J connectivity index is 1.43. The van der Waals surface area contributed by atoms with Crippen LogP contribution in [0.2, 0.25) is 0 Å². The summed E-state index contributed by atoms with van der Waals surface area (Å²) in [6, 6.07) is 15.2. The molecule has 0 aliphatic heterocycles. The number of ether oxygens (including phenoxy) is 1. The first-order chi connectivity index (χ1) is 14.1. The monoisotopic (exact) mass is 421 g/mol. The molecule has 29 heavy (non-hydrogen) atoms. The van der Waals surface area contributed by atoms with Gasteiger partial charge in [-0.05, 0) is 37.6 Å². The second-order valence-electron chi connectivity index (χ2n) is 6.48. The number of carbonyl (C=O) groups is 1. The van der Waals surface area contributed by atoms with Crippen LogP contribution in [0.3, 0.4) is 0 Å². The first-order valence-electron chi connectivity index (χ1n) is 9.05. The zero-order valence-corrected chi connectivity index (χ0v) is 17.6. The SMILES string of the molecule is Cc1nc(COc2cccc(C(=O)Nc3nc(-c4ccccc4C)cs3)c2)cs1. The molecular formula is C22H19N3O2S2. The van der Waals surface area contributed by atoms with E-state index >= 15 is 0 Å². The predicted molar refractivity (Wildman–Crippen MR) is 118 cm³/mol. The molecule has 0 fully saturated rings. The number of thiazole rings is 2. The van der Waals surface area contributed by atoms with Gasteiger partial charge < -0.3 is 4.74 Å². The fraction of sp³-hybridized carbons (Fsp3) is 0.136. The Bertz CT molecular complexity index is 1150. The Morgan fingerprint density at radius 3 is 2.69 bits per heavy atom. The minimum absolute atomic E-state index is 0.217. The molecule has 146 valence electrons. The van der Waals surface area contributed by atoms with Crippen LogP contribution in [0.15, 0.2) is 59.3 Å². The number of amides is 1. The predicted octanol–water partition coefficient (Wildman–Crippen LogP) is 5.71. The van der Waals surface area contributed by atoms with Gasteiger partial charge in [-0.2, -0.15) is 0 Å². The number of nitrogens with one attached hydrogen (secondary N) is 1. The molecule has 7 heteroatoms. The fourth-order valence-electron chi connectivity index (χ4n) is 2.84. The topological polar surface area (TPSA) is 64.1 Å². The van der Waals surface area contributed by atoms with Gasteiger partial charge in [-0.3, -0.25) is 10.1 Å². The van der Waals surface area contributed by atoms with Crippen molar-refractivity contribution in [1.82, 2.24) is 9.97 Å². The highest BCUT2D eigenvalue weighted by molar-refractivity contribution is 7.14. The van der Waals surface area contributed by atoms with Gasteiger partial charge in [-0.25, -0.2) is 9.97 Å². The van der Waals surface area contributed by atoms with Crippen molar-refractivity contribution in [1.29, 1.82) is 0 Å². The first-order valence-corrected chi connectivity index (χ1v) is 10.8. The maximum absolute atomic E-state index is 12.6. The van der Waals surface area contributed by atoms with Crippen molar-refractivity contribution in [2.24, 2.45) is 0 Å². The maximum atomic E-state index is 12.6. The molecule has 0 atom stereocenters. The van der Waals surface area contributed by atoms with E-state index in [1.165, 1.54) is 11.3 Å². The third-order valence-corrected chi connectivity index (χ3v) is 5.88. The number of rotatable bonds is 6. The lowest BCUT2D eigenvalue weighted by Crippen LogP contribution is -2.11. The van der Waals surface area contributed by atoms with Crippen LogP contribution in [0, 0.1) is 13.8 Å². The van der Waals surface area contributed by atoms with E-state index in [2.05, 4.69) is 15.3 Å². The molecule has 0 aliphatic carbocycles. The van der Waals surface area contributed by atoms with Crippen LogP contribution < -0.4 is 10.1 Å². The average Bonchev–Trinajstić information content (AvgIpc) is 3.36. The van der Waals surface area contributed by atoms with Crippen molar-refractivity contribution in [3.63, 3.8) is 0 Å². The number of carbonyl (C=O) groups excluding carboxylic acids is 1. The molecule has 4 rings (SSSR count). The van der Waals surface area contributed by atoms with Crippen molar-refractivity contribution in [2.45, 2.75) is 20.5 Å². The molecular weight excluding hydrogens is 402 g/mol. The van der Waals surface area contributed by atoms with E-state index in [-0.39, 0.29) is 5.91 Å². The van der Waals surface area contributed by atoms with Gasteiger partial charge in [0.2, 0.25) is 0 Å². The van der Waals surface area contributed by atoms with Gasteiger partial charge in [0.15, 0.2) is 5.13 Å². The zero-order chi connectivity index (χ0) is 20.2. The second kappa shape index (κ2) is 8.55. The summed E-state index contributed by atoms with van der Waals surface area (Å²) in [5.74, 6) is 0.411. The normalized spacial score (nSPS) is 10.7. The molecule has 0 spiro atoms. The molecule has 0 saturated heterocycles. The molecule has 1 amide bonds. The van der Waals surface area contributed by atoms with Gasteiger partial charge in [0.1, 0.15) is 12.4 Å². The second-order valence-corrected chi connectivity index (χ2v) is 8.40. The number of aromatic nitrogens is 2. The molecule has 0 bridgehead atoms. The van der Waals surface area contributed by atoms with Gasteiger partial charge in [-0.1, -0.05) is 30.3 Å². The van der Waals surface area contributed by atoms with Crippen LogP contribution >= 0.6 is 22.7 Å². The van der Waals surface area contributed by atoms with Gasteiger partial charge in [0, 0.05) is 21.9 Å². The van der Waals surface area contributed by atoms with Crippen LogP contribution in [0.5, 0.6) is 5.75 Å². The lowest BCUT2D eigenvalue weighted by atomic mass is 10.1. The van der Waals surface area contributed by atoms with Gasteiger partial charge >= 0.3 is 0 Å². The van der Waals surface area contributed by atoms with E-state index in [1.54, 1.807) is 29.5 Å². The van der Waals surface area contributed by atoms with Crippen LogP contribution in [0.1, 0.15) is 26.6 Å². The van der Waals surface area contributed by atoms with Gasteiger partial charge in [-0.15, -0.1) is 22.7 Å². The fourth-order valence-corrected chi connectivity index (χ4v) is 4.15. The molecule has 0 unspecified atom stereocenters. The van der Waals surface area contributed by atoms with Crippen molar-refractivity contribution in [2.75, 3.05) is 5.32 Å². The molecule has 0 aliphatic rings. The Morgan fingerprint density at radius 1 is 1.03 bits per heavy atom. The summed E-state index contributed by atoms with van der Waals surface area (Å²) < 4.78 is 5.77. The van der Waals surface area contributed by atoms with Crippen molar-refractivity contribution in [3.05, 3.63) is 81.1 Å². The highest BCUT2D eigenvalue weighted by Gasteiger charge is 2.12. The summed E-state index contributed by atoms with van der Waals surface area (Å²) in [7, 11) is 0. The van der Waals surface area contributed by atoms with Gasteiger partial charge in [0.25, 0.3) is 5.91 Å². The van der Waals surface area contributed by atoms with E-state index in [0.717, 1.165) is 27.5 Å². The Morgan fingerprint density at radius 2 is 1.90 bits per heavy atom. The molecule has 1 N–H and O–H groups in total. The number of nitrogens with zero attached hydrogens (tertiary/aromatic N) is 2. The Hall–Kier alpha value is -3.03. The summed E-state index contributed by atoms with van der Waals surface area (Å²) in [5.41, 5.74) is 4.48. The highest BCUT2D eigenvalue weighted by atomic mass is 32.1. The van der Waals surface area contributed by atoms with Crippen molar-refractivity contribution in [3.8, 4) is 17.0 Å². The van der Waals surface area contributed by atoms with E-state index in [1.807, 2.05) is 54.9 Å². The molecule has 0 radical (unpaired) electrons.